The van der Waals surface area contributed by atoms with E-state index in [2.05, 4.69) is 15.5 Å². The summed E-state index contributed by atoms with van der Waals surface area (Å²) in [6.45, 7) is 2.37. The molecule has 0 aliphatic carbocycles. The molecular weight excluding hydrogens is 468 g/mol. The third-order valence-corrected chi connectivity index (χ3v) is 7.16. The first-order valence-corrected chi connectivity index (χ1v) is 12.4. The van der Waals surface area contributed by atoms with Crippen LogP contribution in [-0.4, -0.2) is 41.1 Å². The maximum Gasteiger partial charge on any atom is 0.230 e. The Balaban J connectivity index is 1.37. The largest absolute Gasteiger partial charge is 0.496 e. The number of para-hydroxylation sites is 2. The van der Waals surface area contributed by atoms with Gasteiger partial charge in [-0.15, -0.1) is 21.5 Å². The second kappa shape index (κ2) is 11.1. The molecule has 2 aromatic heterocycles. The van der Waals surface area contributed by atoms with E-state index in [4.69, 9.17) is 14.5 Å². The number of thiazole rings is 1. The summed E-state index contributed by atoms with van der Waals surface area (Å²) in [7, 11) is 3.27. The monoisotopic (exact) mass is 492 g/mol. The highest BCUT2D eigenvalue weighted by Gasteiger charge is 2.16. The molecule has 4 rings (SSSR count). The minimum absolute atomic E-state index is 0.0819. The molecule has 0 spiro atoms. The van der Waals surface area contributed by atoms with Gasteiger partial charge in [0, 0.05) is 12.1 Å². The second-order valence-electron chi connectivity index (χ2n) is 7.27. The lowest BCUT2D eigenvalue weighted by atomic mass is 10.2. The number of thioether (sulfide) groups is 1. The predicted octanol–water partition coefficient (Wildman–Crippen LogP) is 5.00. The summed E-state index contributed by atoms with van der Waals surface area (Å²) >= 11 is 2.90. The van der Waals surface area contributed by atoms with Gasteiger partial charge in [0.25, 0.3) is 0 Å². The summed E-state index contributed by atoms with van der Waals surface area (Å²) < 4.78 is 10.8. The number of rotatable bonds is 9. The van der Waals surface area contributed by atoms with E-state index in [1.807, 2.05) is 67.6 Å². The number of aryl methyl sites for hydroxylation is 1. The average Bonchev–Trinajstić information content (AvgIpc) is 3.27. The molecule has 0 aliphatic rings. The van der Waals surface area contributed by atoms with Crippen LogP contribution < -0.4 is 14.8 Å². The fourth-order valence-corrected chi connectivity index (χ4v) is 5.03. The molecule has 0 saturated carbocycles. The molecule has 0 aliphatic heterocycles. The molecular formula is C25H24N4O3S2. The minimum Gasteiger partial charge on any atom is -0.496 e. The van der Waals surface area contributed by atoms with Crippen LogP contribution in [0.5, 0.6) is 11.5 Å². The molecule has 0 bridgehead atoms. The molecule has 2 heterocycles. The summed E-state index contributed by atoms with van der Waals surface area (Å²) in [5.74, 6) is 1.70. The number of ether oxygens (including phenoxy) is 2. The standard InChI is InChI=1S/C25H24N4O3S2/c1-16-24(34-25(27-16)18-9-5-7-11-21(18)32-3)19-12-13-23(29-28-19)33-15-22(30)26-14-17-8-4-6-10-20(17)31-2/h4-13H,14-15H2,1-3H3,(H,26,30). The zero-order chi connectivity index (χ0) is 23.9. The Morgan fingerprint density at radius 3 is 2.44 bits per heavy atom. The second-order valence-corrected chi connectivity index (χ2v) is 9.26. The lowest BCUT2D eigenvalue weighted by Gasteiger charge is -2.09. The Morgan fingerprint density at radius 2 is 1.71 bits per heavy atom. The topological polar surface area (TPSA) is 86.2 Å². The lowest BCUT2D eigenvalue weighted by Crippen LogP contribution is -2.24. The number of amides is 1. The Labute approximate surface area is 206 Å². The lowest BCUT2D eigenvalue weighted by molar-refractivity contribution is -0.118. The van der Waals surface area contributed by atoms with Crippen molar-refractivity contribution in [3.63, 3.8) is 0 Å². The Bertz CT molecular complexity index is 1280. The quantitative estimate of drug-likeness (QED) is 0.329. The molecule has 34 heavy (non-hydrogen) atoms. The number of hydrogen-bond donors (Lipinski definition) is 1. The summed E-state index contributed by atoms with van der Waals surface area (Å²) in [4.78, 5) is 17.9. The molecule has 0 atom stereocenters. The Hall–Kier alpha value is -3.43. The van der Waals surface area contributed by atoms with E-state index >= 15 is 0 Å². The molecule has 9 heteroatoms. The molecule has 4 aromatic rings. The maximum atomic E-state index is 12.3. The van der Waals surface area contributed by atoms with E-state index in [9.17, 15) is 4.79 Å². The van der Waals surface area contributed by atoms with Gasteiger partial charge in [-0.05, 0) is 37.3 Å². The molecule has 0 fully saturated rings. The fourth-order valence-electron chi connectivity index (χ4n) is 3.32. The number of aromatic nitrogens is 3. The molecule has 1 amide bonds. The van der Waals surface area contributed by atoms with Gasteiger partial charge in [0.15, 0.2) is 0 Å². The van der Waals surface area contributed by atoms with Crippen molar-refractivity contribution >= 4 is 29.0 Å². The number of nitrogens with zero attached hydrogens (tertiary/aromatic N) is 3. The summed E-state index contributed by atoms with van der Waals surface area (Å²) in [5.41, 5.74) is 3.51. The van der Waals surface area contributed by atoms with Crippen molar-refractivity contribution in [3.05, 3.63) is 71.9 Å². The van der Waals surface area contributed by atoms with E-state index in [1.165, 1.54) is 11.8 Å². The first-order chi connectivity index (χ1) is 16.6. The Morgan fingerprint density at radius 1 is 0.971 bits per heavy atom. The zero-order valence-electron chi connectivity index (χ0n) is 19.1. The van der Waals surface area contributed by atoms with Crippen molar-refractivity contribution in [1.82, 2.24) is 20.5 Å². The van der Waals surface area contributed by atoms with Crippen molar-refractivity contribution in [3.8, 4) is 32.6 Å². The van der Waals surface area contributed by atoms with Gasteiger partial charge in [-0.2, -0.15) is 0 Å². The number of methoxy groups -OCH3 is 2. The highest BCUT2D eigenvalue weighted by molar-refractivity contribution is 7.99. The van der Waals surface area contributed by atoms with E-state index in [-0.39, 0.29) is 11.7 Å². The zero-order valence-corrected chi connectivity index (χ0v) is 20.7. The van der Waals surface area contributed by atoms with Crippen LogP contribution in [0, 0.1) is 6.92 Å². The smallest absolute Gasteiger partial charge is 0.230 e. The van der Waals surface area contributed by atoms with Gasteiger partial charge in [0.2, 0.25) is 5.91 Å². The molecule has 2 aromatic carbocycles. The fraction of sp³-hybridized carbons (Fsp3) is 0.200. The predicted molar refractivity (Wildman–Crippen MR) is 135 cm³/mol. The van der Waals surface area contributed by atoms with Crippen molar-refractivity contribution in [2.75, 3.05) is 20.0 Å². The van der Waals surface area contributed by atoms with E-state index in [0.717, 1.165) is 43.9 Å². The highest BCUT2D eigenvalue weighted by atomic mass is 32.2. The first kappa shape index (κ1) is 23.7. The maximum absolute atomic E-state index is 12.3. The number of hydrogen-bond acceptors (Lipinski definition) is 8. The van der Waals surface area contributed by atoms with Gasteiger partial charge in [-0.3, -0.25) is 4.79 Å². The number of benzene rings is 2. The number of nitrogens with one attached hydrogen (secondary N) is 1. The molecule has 0 unspecified atom stereocenters. The van der Waals surface area contributed by atoms with Gasteiger partial charge in [-0.1, -0.05) is 42.1 Å². The third kappa shape index (κ3) is 5.55. The van der Waals surface area contributed by atoms with Gasteiger partial charge in [0.1, 0.15) is 27.2 Å². The van der Waals surface area contributed by atoms with Crippen LogP contribution in [0.1, 0.15) is 11.3 Å². The van der Waals surface area contributed by atoms with Crippen LogP contribution >= 0.6 is 23.1 Å². The van der Waals surface area contributed by atoms with Crippen molar-refractivity contribution in [1.29, 1.82) is 0 Å². The average molecular weight is 493 g/mol. The third-order valence-electron chi connectivity index (χ3n) is 5.03. The first-order valence-electron chi connectivity index (χ1n) is 10.6. The summed E-state index contributed by atoms with van der Waals surface area (Å²) in [6, 6.07) is 19.2. The van der Waals surface area contributed by atoms with Crippen LogP contribution in [0.3, 0.4) is 0 Å². The van der Waals surface area contributed by atoms with Crippen LogP contribution in [0.4, 0.5) is 0 Å². The normalized spacial score (nSPS) is 10.7. The molecule has 174 valence electrons. The summed E-state index contributed by atoms with van der Waals surface area (Å²) in [5, 5.41) is 13.1. The van der Waals surface area contributed by atoms with Crippen LogP contribution in [-0.2, 0) is 11.3 Å². The van der Waals surface area contributed by atoms with Crippen molar-refractivity contribution in [2.24, 2.45) is 0 Å². The number of carbonyl (C=O) groups excluding carboxylic acids is 1. The number of carbonyl (C=O) groups is 1. The van der Waals surface area contributed by atoms with Crippen molar-refractivity contribution < 1.29 is 14.3 Å². The molecule has 1 N–H and O–H groups in total. The van der Waals surface area contributed by atoms with Gasteiger partial charge in [-0.25, -0.2) is 4.98 Å². The van der Waals surface area contributed by atoms with Gasteiger partial charge >= 0.3 is 0 Å². The van der Waals surface area contributed by atoms with Gasteiger partial charge < -0.3 is 14.8 Å². The molecule has 0 saturated heterocycles. The SMILES string of the molecule is COc1ccccc1CNC(=O)CSc1ccc(-c2sc(-c3ccccc3OC)nc2C)nn1. The van der Waals surface area contributed by atoms with Crippen LogP contribution in [0.15, 0.2) is 65.7 Å². The van der Waals surface area contributed by atoms with E-state index in [1.54, 1.807) is 25.6 Å². The van der Waals surface area contributed by atoms with E-state index < -0.39 is 0 Å². The van der Waals surface area contributed by atoms with E-state index in [0.29, 0.717) is 11.6 Å². The molecule has 0 radical (unpaired) electrons. The molecule has 7 nitrogen and oxygen atoms in total. The summed E-state index contributed by atoms with van der Waals surface area (Å²) in [6.07, 6.45) is 0. The highest BCUT2D eigenvalue weighted by Crippen LogP contribution is 2.38. The minimum atomic E-state index is -0.0819. The Kier molecular flexibility index (Phi) is 7.76. The van der Waals surface area contributed by atoms with Crippen molar-refractivity contribution in [2.45, 2.75) is 18.5 Å². The van der Waals surface area contributed by atoms with Crippen LogP contribution in [0.2, 0.25) is 0 Å². The van der Waals surface area contributed by atoms with Gasteiger partial charge in [0.05, 0.1) is 36.1 Å². The van der Waals surface area contributed by atoms with Crippen LogP contribution in [0.25, 0.3) is 21.1 Å².